The first-order chi connectivity index (χ1) is 13.9. The Morgan fingerprint density at radius 2 is 1.90 bits per heavy atom. The van der Waals surface area contributed by atoms with E-state index in [9.17, 15) is 32.7 Å². The van der Waals surface area contributed by atoms with Crippen molar-refractivity contribution in [3.63, 3.8) is 0 Å². The van der Waals surface area contributed by atoms with Crippen molar-refractivity contribution in [2.45, 2.75) is 57.4 Å². The molecule has 0 aromatic carbocycles. The predicted octanol–water partition coefficient (Wildman–Crippen LogP) is -3.09. The molecule has 0 saturated carbocycles. The van der Waals surface area contributed by atoms with E-state index >= 15 is 0 Å². The highest BCUT2D eigenvalue weighted by atomic mass is 32.3. The van der Waals surface area contributed by atoms with Crippen molar-refractivity contribution in [3.8, 4) is 0 Å². The maximum Gasteiger partial charge on any atom is 0.399 e. The number of aldehydes is 2. The van der Waals surface area contributed by atoms with Gasteiger partial charge in [-0.05, 0) is 0 Å². The van der Waals surface area contributed by atoms with Crippen molar-refractivity contribution in [1.82, 2.24) is 5.32 Å². The van der Waals surface area contributed by atoms with Crippen molar-refractivity contribution >= 4 is 34.8 Å². The van der Waals surface area contributed by atoms with Gasteiger partial charge in [0.2, 0.25) is 18.5 Å². The van der Waals surface area contributed by atoms with E-state index in [2.05, 4.69) is 9.50 Å². The van der Waals surface area contributed by atoms with Gasteiger partial charge in [0, 0.05) is 26.4 Å². The maximum atomic E-state index is 11.4. The maximum absolute atomic E-state index is 11.4. The summed E-state index contributed by atoms with van der Waals surface area (Å²) in [5, 5.41) is 13.6. The fraction of sp³-hybridized carbons (Fsp3) is 0.733. The molecule has 0 bridgehead atoms. The highest BCUT2D eigenvalue weighted by Crippen LogP contribution is 2.27. The van der Waals surface area contributed by atoms with Gasteiger partial charge >= 0.3 is 10.4 Å². The van der Waals surface area contributed by atoms with Crippen LogP contribution in [0.5, 0.6) is 0 Å². The second kappa shape index (κ2) is 11.4. The molecule has 14 nitrogen and oxygen atoms in total. The molecular formula is C15H22NO13S-. The molecule has 7 atom stereocenters. The summed E-state index contributed by atoms with van der Waals surface area (Å²) in [5.74, 6) is -3.51. The van der Waals surface area contributed by atoms with Crippen LogP contribution in [0.1, 0.15) is 20.3 Å². The quantitative estimate of drug-likeness (QED) is 0.170. The third-order valence-electron chi connectivity index (χ3n) is 3.85. The molecule has 1 rings (SSSR count). The zero-order valence-corrected chi connectivity index (χ0v) is 17.0. The Kier molecular flexibility index (Phi) is 9.89. The van der Waals surface area contributed by atoms with Crippen molar-refractivity contribution < 1.29 is 60.4 Å². The monoisotopic (exact) mass is 456 g/mol. The van der Waals surface area contributed by atoms with Crippen molar-refractivity contribution in [3.05, 3.63) is 0 Å². The summed E-state index contributed by atoms with van der Waals surface area (Å²) in [7, 11) is -3.86. The topological polar surface area (TPSA) is 204 Å². The van der Waals surface area contributed by atoms with Gasteiger partial charge in [0.1, 0.15) is 18.5 Å². The number of carbonyl (C=O) groups excluding carboxylic acids is 4. The molecule has 172 valence electrons. The van der Waals surface area contributed by atoms with Gasteiger partial charge < -0.3 is 39.0 Å². The highest BCUT2D eigenvalue weighted by molar-refractivity contribution is 7.80. The molecule has 15 heteroatoms. The Labute approximate surface area is 171 Å². The summed E-state index contributed by atoms with van der Waals surface area (Å²) < 4.78 is 56.0. The van der Waals surface area contributed by atoms with Crippen LogP contribution in [0, 0.1) is 5.92 Å². The largest absolute Gasteiger partial charge is 0.547 e. The summed E-state index contributed by atoms with van der Waals surface area (Å²) in [4.78, 5) is 44.7. The number of rotatable bonds is 12. The summed E-state index contributed by atoms with van der Waals surface area (Å²) in [6.45, 7) is 2.38. The van der Waals surface area contributed by atoms with E-state index in [1.807, 2.05) is 0 Å². The normalized spacial score (nSPS) is 27.5. The lowest BCUT2D eigenvalue weighted by molar-refractivity contribution is -0.331. The molecule has 7 unspecified atom stereocenters. The second-order valence-corrected chi connectivity index (χ2v) is 7.27. The minimum atomic E-state index is -5.05. The van der Waals surface area contributed by atoms with Gasteiger partial charge in [-0.15, -0.1) is 0 Å². The van der Waals surface area contributed by atoms with Crippen LogP contribution in [-0.2, 0) is 52.7 Å². The second-order valence-electron chi connectivity index (χ2n) is 6.23. The SMILES string of the molecule is COC1OC(OS(=O)(=O)O)C(OC(C=O)OC(C(=O)[O-])C(C)C=O)CC1NC(C)=O. The first-order valence-electron chi connectivity index (χ1n) is 8.45. The Morgan fingerprint density at radius 1 is 1.27 bits per heavy atom. The van der Waals surface area contributed by atoms with Gasteiger partial charge in [-0.2, -0.15) is 8.42 Å². The molecule has 1 aliphatic heterocycles. The van der Waals surface area contributed by atoms with Crippen LogP contribution in [0.2, 0.25) is 0 Å². The van der Waals surface area contributed by atoms with E-state index in [0.29, 0.717) is 0 Å². The third-order valence-corrected chi connectivity index (χ3v) is 4.28. The fourth-order valence-electron chi connectivity index (χ4n) is 2.60. The first-order valence-corrected chi connectivity index (χ1v) is 9.81. The Bertz CT molecular complexity index is 726. The summed E-state index contributed by atoms with van der Waals surface area (Å²) in [5.41, 5.74) is 0. The number of hydrogen-bond acceptors (Lipinski definition) is 12. The van der Waals surface area contributed by atoms with Crippen LogP contribution in [0.3, 0.4) is 0 Å². The number of carboxylic acid groups (broad SMARTS) is 1. The number of nitrogens with one attached hydrogen (secondary N) is 1. The Balaban J connectivity index is 3.08. The molecule has 0 radical (unpaired) electrons. The predicted molar refractivity (Wildman–Crippen MR) is 90.4 cm³/mol. The van der Waals surface area contributed by atoms with Crippen molar-refractivity contribution in [2.24, 2.45) is 5.92 Å². The zero-order valence-electron chi connectivity index (χ0n) is 16.2. The van der Waals surface area contributed by atoms with E-state index in [4.69, 9.17) is 23.5 Å². The van der Waals surface area contributed by atoms with E-state index in [1.165, 1.54) is 21.0 Å². The smallest absolute Gasteiger partial charge is 0.399 e. The third kappa shape index (κ3) is 8.02. The summed E-state index contributed by atoms with van der Waals surface area (Å²) in [6, 6.07) is -0.906. The lowest BCUT2D eigenvalue weighted by Crippen LogP contribution is -2.57. The van der Waals surface area contributed by atoms with Gasteiger partial charge in [-0.3, -0.25) is 14.1 Å². The lowest BCUT2D eigenvalue weighted by Gasteiger charge is -2.40. The van der Waals surface area contributed by atoms with Crippen LogP contribution in [-0.4, -0.2) is 81.6 Å². The van der Waals surface area contributed by atoms with Gasteiger partial charge in [-0.1, -0.05) is 6.92 Å². The standard InChI is InChI=1S/C15H23NO13S/c1-7(5-17)12(13(20)21)27-11(6-18)26-10-4-9(16-8(2)19)14(25-3)28-15(10)29-30(22,23)24/h5-7,9-12,14-15H,4H2,1-3H3,(H,16,19)(H,20,21)(H,22,23,24)/p-1. The average Bonchev–Trinajstić information content (AvgIpc) is 2.64. The number of methoxy groups -OCH3 is 1. The van der Waals surface area contributed by atoms with E-state index in [-0.39, 0.29) is 19.0 Å². The fourth-order valence-corrected chi connectivity index (χ4v) is 3.01. The average molecular weight is 456 g/mol. The molecule has 1 heterocycles. The lowest BCUT2D eigenvalue weighted by atomic mass is 10.0. The first kappa shape index (κ1) is 26.0. The summed E-state index contributed by atoms with van der Waals surface area (Å²) >= 11 is 0. The number of aliphatic carboxylic acids is 1. The molecule has 1 fully saturated rings. The molecule has 0 aromatic heterocycles. The molecule has 0 spiro atoms. The molecule has 0 aromatic rings. The number of carboxylic acids is 1. The molecule has 2 N–H and O–H groups in total. The van der Waals surface area contributed by atoms with E-state index in [0.717, 1.165) is 0 Å². The number of amides is 1. The van der Waals surface area contributed by atoms with E-state index < -0.39 is 65.3 Å². The van der Waals surface area contributed by atoms with Crippen LogP contribution in [0.25, 0.3) is 0 Å². The Hall–Kier alpha value is -2.01. The summed E-state index contributed by atoms with van der Waals surface area (Å²) in [6.07, 6.45) is -8.30. The minimum Gasteiger partial charge on any atom is -0.547 e. The van der Waals surface area contributed by atoms with Crippen LogP contribution in [0.4, 0.5) is 0 Å². The zero-order chi connectivity index (χ0) is 23.1. The number of hydrogen-bond donors (Lipinski definition) is 2. The number of carbonyl (C=O) groups is 4. The molecule has 0 aliphatic carbocycles. The van der Waals surface area contributed by atoms with Crippen LogP contribution in [0.15, 0.2) is 0 Å². The van der Waals surface area contributed by atoms with E-state index in [1.54, 1.807) is 0 Å². The molecule has 30 heavy (non-hydrogen) atoms. The number of ether oxygens (including phenoxy) is 4. The highest BCUT2D eigenvalue weighted by Gasteiger charge is 2.43. The van der Waals surface area contributed by atoms with Crippen LogP contribution < -0.4 is 10.4 Å². The molecule has 1 amide bonds. The molecular weight excluding hydrogens is 434 g/mol. The Morgan fingerprint density at radius 3 is 2.33 bits per heavy atom. The minimum absolute atomic E-state index is 0.0355. The van der Waals surface area contributed by atoms with Crippen molar-refractivity contribution in [2.75, 3.05) is 7.11 Å². The van der Waals surface area contributed by atoms with Gasteiger partial charge in [-0.25, -0.2) is 4.18 Å². The van der Waals surface area contributed by atoms with Crippen LogP contribution >= 0.6 is 0 Å². The van der Waals surface area contributed by atoms with Gasteiger partial charge in [0.15, 0.2) is 12.6 Å². The molecule has 1 aliphatic rings. The molecule has 1 saturated heterocycles. The van der Waals surface area contributed by atoms with Gasteiger partial charge in [0.05, 0.1) is 12.0 Å². The van der Waals surface area contributed by atoms with Crippen molar-refractivity contribution in [1.29, 1.82) is 0 Å². The van der Waals surface area contributed by atoms with Gasteiger partial charge in [0.25, 0.3) is 0 Å².